The molecule has 1 aliphatic rings. The van der Waals surface area contributed by atoms with Gasteiger partial charge in [-0.25, -0.2) is 0 Å². The molecule has 0 unspecified atom stereocenters. The van der Waals surface area contributed by atoms with E-state index in [1.807, 2.05) is 42.5 Å². The molecule has 2 aromatic heterocycles. The SMILES string of the molecule is CN1CCCN(CCNC(=O)c2c(-c3cc4cc(Cl)ccc4[nH]3)[nH]c3cc(Br)ccc23)CC1. The van der Waals surface area contributed by atoms with Crippen LogP contribution in [0.1, 0.15) is 16.8 Å². The van der Waals surface area contributed by atoms with Crippen LogP contribution in [0.25, 0.3) is 33.2 Å². The van der Waals surface area contributed by atoms with E-state index in [4.69, 9.17) is 11.6 Å². The van der Waals surface area contributed by atoms with Gasteiger partial charge in [0.15, 0.2) is 0 Å². The van der Waals surface area contributed by atoms with E-state index in [1.54, 1.807) is 0 Å². The highest BCUT2D eigenvalue weighted by Gasteiger charge is 2.21. The maximum absolute atomic E-state index is 13.4. The van der Waals surface area contributed by atoms with Crippen LogP contribution in [0.5, 0.6) is 0 Å². The Morgan fingerprint density at radius 1 is 1.06 bits per heavy atom. The highest BCUT2D eigenvalue weighted by molar-refractivity contribution is 9.10. The molecule has 6 nitrogen and oxygen atoms in total. The fourth-order valence-electron chi connectivity index (χ4n) is 4.59. The minimum atomic E-state index is -0.0674. The average Bonchev–Trinajstić information content (AvgIpc) is 3.30. The predicted octanol–water partition coefficient (Wildman–Crippen LogP) is 5.10. The third-order valence-corrected chi connectivity index (χ3v) is 7.09. The van der Waals surface area contributed by atoms with Crippen LogP contribution in [0, 0.1) is 0 Å². The fourth-order valence-corrected chi connectivity index (χ4v) is 5.13. The first-order valence-corrected chi connectivity index (χ1v) is 12.4. The van der Waals surface area contributed by atoms with E-state index in [2.05, 4.69) is 48.1 Å². The Labute approximate surface area is 206 Å². The van der Waals surface area contributed by atoms with Gasteiger partial charge in [0, 0.05) is 57.5 Å². The summed E-state index contributed by atoms with van der Waals surface area (Å²) in [5.74, 6) is -0.0674. The summed E-state index contributed by atoms with van der Waals surface area (Å²) < 4.78 is 0.962. The molecule has 0 spiro atoms. The number of benzene rings is 2. The van der Waals surface area contributed by atoms with Crippen LogP contribution in [0.3, 0.4) is 0 Å². The number of hydrogen-bond acceptors (Lipinski definition) is 3. The minimum absolute atomic E-state index is 0.0674. The molecule has 0 aliphatic carbocycles. The van der Waals surface area contributed by atoms with Gasteiger partial charge in [-0.2, -0.15) is 0 Å². The molecular weight excluding hydrogens is 502 g/mol. The fraction of sp³-hybridized carbons (Fsp3) is 0.320. The normalized spacial score (nSPS) is 15.8. The Balaban J connectivity index is 1.42. The Bertz CT molecular complexity index is 1310. The summed E-state index contributed by atoms with van der Waals surface area (Å²) in [6.45, 7) is 5.79. The van der Waals surface area contributed by atoms with Crippen LogP contribution in [0.15, 0.2) is 46.9 Å². The predicted molar refractivity (Wildman–Crippen MR) is 139 cm³/mol. The van der Waals surface area contributed by atoms with Gasteiger partial charge >= 0.3 is 0 Å². The van der Waals surface area contributed by atoms with Crippen molar-refractivity contribution in [2.24, 2.45) is 0 Å². The summed E-state index contributed by atoms with van der Waals surface area (Å²) in [7, 11) is 2.17. The number of halogens is 2. The maximum Gasteiger partial charge on any atom is 0.254 e. The third kappa shape index (κ3) is 4.82. The Hall–Kier alpha value is -2.32. The summed E-state index contributed by atoms with van der Waals surface area (Å²) in [5, 5.41) is 5.76. The average molecular weight is 529 g/mol. The van der Waals surface area contributed by atoms with Gasteiger partial charge in [-0.15, -0.1) is 0 Å². The summed E-state index contributed by atoms with van der Waals surface area (Å²) in [6.07, 6.45) is 1.16. The Morgan fingerprint density at radius 2 is 1.94 bits per heavy atom. The van der Waals surface area contributed by atoms with Gasteiger partial charge in [0.05, 0.1) is 17.0 Å². The number of rotatable bonds is 5. The molecule has 0 bridgehead atoms. The van der Waals surface area contributed by atoms with E-state index in [0.717, 1.165) is 76.8 Å². The number of H-pyrrole nitrogens is 2. The first-order valence-electron chi connectivity index (χ1n) is 11.3. The van der Waals surface area contributed by atoms with E-state index in [9.17, 15) is 4.79 Å². The number of nitrogens with one attached hydrogen (secondary N) is 3. The van der Waals surface area contributed by atoms with Crippen LogP contribution in [-0.4, -0.2) is 72.0 Å². The van der Waals surface area contributed by atoms with Gasteiger partial charge in [0.2, 0.25) is 0 Å². The zero-order valence-corrected chi connectivity index (χ0v) is 20.9. The van der Waals surface area contributed by atoms with Crippen LogP contribution in [0.2, 0.25) is 5.02 Å². The molecule has 1 saturated heterocycles. The standard InChI is InChI=1S/C25H27BrClN5O/c1-31-8-2-9-32(12-11-31)10-7-28-25(33)23-19-5-3-17(26)15-21(19)30-24(23)22-14-16-13-18(27)4-6-20(16)29-22/h3-6,13-15,29-30H,2,7-12H2,1H3,(H,28,33). The Kier molecular flexibility index (Phi) is 6.47. The lowest BCUT2D eigenvalue weighted by Gasteiger charge is -2.20. The lowest BCUT2D eigenvalue weighted by atomic mass is 10.1. The summed E-state index contributed by atoms with van der Waals surface area (Å²) >= 11 is 9.72. The van der Waals surface area contributed by atoms with E-state index < -0.39 is 0 Å². The first kappa shape index (κ1) is 22.5. The molecule has 0 radical (unpaired) electrons. The third-order valence-electron chi connectivity index (χ3n) is 6.37. The molecule has 33 heavy (non-hydrogen) atoms. The molecule has 1 fully saturated rings. The lowest BCUT2D eigenvalue weighted by molar-refractivity contribution is 0.0951. The molecule has 0 atom stereocenters. The highest BCUT2D eigenvalue weighted by atomic mass is 79.9. The van der Waals surface area contributed by atoms with Crippen LogP contribution in [-0.2, 0) is 0 Å². The second-order valence-corrected chi connectivity index (χ2v) is 10.1. The van der Waals surface area contributed by atoms with Crippen molar-refractivity contribution >= 4 is 55.2 Å². The monoisotopic (exact) mass is 527 g/mol. The van der Waals surface area contributed by atoms with Gasteiger partial charge in [-0.05, 0) is 63.0 Å². The second kappa shape index (κ2) is 9.50. The lowest BCUT2D eigenvalue weighted by Crippen LogP contribution is -2.37. The molecule has 172 valence electrons. The van der Waals surface area contributed by atoms with Gasteiger partial charge in [0.25, 0.3) is 5.91 Å². The zero-order valence-electron chi connectivity index (χ0n) is 18.5. The quantitative estimate of drug-likeness (QED) is 0.338. The van der Waals surface area contributed by atoms with Gasteiger partial charge in [0.1, 0.15) is 0 Å². The maximum atomic E-state index is 13.4. The van der Waals surface area contributed by atoms with Crippen molar-refractivity contribution in [1.29, 1.82) is 0 Å². The highest BCUT2D eigenvalue weighted by Crippen LogP contribution is 2.33. The van der Waals surface area contributed by atoms with Gasteiger partial charge < -0.3 is 25.1 Å². The van der Waals surface area contributed by atoms with Crippen molar-refractivity contribution in [3.05, 3.63) is 57.5 Å². The number of aromatic nitrogens is 2. The van der Waals surface area contributed by atoms with Crippen LogP contribution < -0.4 is 5.32 Å². The molecule has 5 rings (SSSR count). The summed E-state index contributed by atoms with van der Waals surface area (Å²) in [4.78, 5) is 25.1. The molecule has 1 aliphatic heterocycles. The van der Waals surface area contributed by atoms with Crippen molar-refractivity contribution in [2.75, 3.05) is 46.3 Å². The summed E-state index contributed by atoms with van der Waals surface area (Å²) in [5.41, 5.74) is 4.19. The molecule has 8 heteroatoms. The number of fused-ring (bicyclic) bond motifs is 2. The van der Waals surface area contributed by atoms with E-state index in [1.165, 1.54) is 0 Å². The van der Waals surface area contributed by atoms with Crippen molar-refractivity contribution in [1.82, 2.24) is 25.1 Å². The van der Waals surface area contributed by atoms with E-state index in [-0.39, 0.29) is 5.91 Å². The van der Waals surface area contributed by atoms with Crippen molar-refractivity contribution in [2.45, 2.75) is 6.42 Å². The molecule has 0 saturated carbocycles. The van der Waals surface area contributed by atoms with Gasteiger partial charge in [-0.1, -0.05) is 33.6 Å². The smallest absolute Gasteiger partial charge is 0.254 e. The van der Waals surface area contributed by atoms with Crippen LogP contribution in [0.4, 0.5) is 0 Å². The molecule has 1 amide bonds. The number of amides is 1. The molecule has 3 heterocycles. The number of nitrogens with zero attached hydrogens (tertiary/aromatic N) is 2. The Morgan fingerprint density at radius 3 is 2.82 bits per heavy atom. The van der Waals surface area contributed by atoms with Crippen LogP contribution >= 0.6 is 27.5 Å². The zero-order chi connectivity index (χ0) is 22.9. The molecule has 2 aromatic carbocycles. The molecular formula is C25H27BrClN5O. The van der Waals surface area contributed by atoms with Crippen molar-refractivity contribution < 1.29 is 4.79 Å². The largest absolute Gasteiger partial charge is 0.353 e. The minimum Gasteiger partial charge on any atom is -0.353 e. The van der Waals surface area contributed by atoms with Gasteiger partial charge in [-0.3, -0.25) is 4.79 Å². The van der Waals surface area contributed by atoms with E-state index in [0.29, 0.717) is 17.1 Å². The topological polar surface area (TPSA) is 67.2 Å². The molecule has 3 N–H and O–H groups in total. The first-order chi connectivity index (χ1) is 16.0. The number of carbonyl (C=O) groups is 1. The number of carbonyl (C=O) groups excluding carboxylic acids is 1. The second-order valence-electron chi connectivity index (χ2n) is 8.73. The number of hydrogen-bond donors (Lipinski definition) is 3. The van der Waals surface area contributed by atoms with E-state index >= 15 is 0 Å². The summed E-state index contributed by atoms with van der Waals surface area (Å²) in [6, 6.07) is 13.7. The molecule has 4 aromatic rings. The van der Waals surface area contributed by atoms with Crippen molar-refractivity contribution in [3.63, 3.8) is 0 Å². The number of aromatic amines is 2. The number of likely N-dealkylation sites (N-methyl/N-ethyl adjacent to an activating group) is 1. The van der Waals surface area contributed by atoms with Crippen molar-refractivity contribution in [3.8, 4) is 11.4 Å².